The first-order chi connectivity index (χ1) is 21.3. The van der Waals surface area contributed by atoms with Crippen LogP contribution in [-0.4, -0.2) is 40.9 Å². The summed E-state index contributed by atoms with van der Waals surface area (Å²) in [6.45, 7) is 23.9. The molecule has 0 fully saturated rings. The maximum Gasteiger partial charge on any atom is 0.234 e. The Morgan fingerprint density at radius 2 is 1.13 bits per heavy atom. The SMILES string of the molecule is CC(C)(C)CC(=O)NN.CC(C)(C)NC(=O)CCC(=O)CN.CC(C)(C)Oc1ccc(CS)cc1.CC(C)(C)Oc1ccc(N)cc1. The van der Waals surface area contributed by atoms with Crippen molar-refractivity contribution >= 4 is 35.9 Å². The average Bonchev–Trinajstić information content (AvgIpc) is 2.91. The number of carbonyl (C=O) groups is 3. The van der Waals surface area contributed by atoms with E-state index in [1.807, 2.05) is 132 Å². The molecular weight excluding hydrogens is 614 g/mol. The van der Waals surface area contributed by atoms with Gasteiger partial charge in [0.2, 0.25) is 11.8 Å². The number of anilines is 1. The molecule has 8 N–H and O–H groups in total. The van der Waals surface area contributed by atoms with Gasteiger partial charge in [-0.1, -0.05) is 32.9 Å². The molecule has 10 nitrogen and oxygen atoms in total. The average molecular weight is 678 g/mol. The minimum atomic E-state index is -0.233. The van der Waals surface area contributed by atoms with Crippen LogP contribution in [0.1, 0.15) is 108 Å². The van der Waals surface area contributed by atoms with Crippen LogP contribution in [-0.2, 0) is 20.1 Å². The number of amides is 2. The molecule has 0 aliphatic heterocycles. The van der Waals surface area contributed by atoms with Gasteiger partial charge in [0.05, 0.1) is 6.54 Å². The minimum Gasteiger partial charge on any atom is -0.488 e. The van der Waals surface area contributed by atoms with Crippen molar-refractivity contribution in [2.45, 2.75) is 125 Å². The summed E-state index contributed by atoms with van der Waals surface area (Å²) in [5.41, 5.74) is 14.2. The van der Waals surface area contributed by atoms with Crippen molar-refractivity contribution in [2.75, 3.05) is 12.3 Å². The van der Waals surface area contributed by atoms with Crippen LogP contribution in [0.2, 0.25) is 0 Å². The van der Waals surface area contributed by atoms with Crippen molar-refractivity contribution in [1.29, 1.82) is 0 Å². The highest BCUT2D eigenvalue weighted by Crippen LogP contribution is 2.20. The van der Waals surface area contributed by atoms with Crippen molar-refractivity contribution in [1.82, 2.24) is 10.7 Å². The summed E-state index contributed by atoms with van der Waals surface area (Å²) in [5.74, 6) is 7.14. The highest BCUT2D eigenvalue weighted by Gasteiger charge is 2.15. The lowest BCUT2D eigenvalue weighted by molar-refractivity contribution is -0.125. The standard InChI is InChI=1S/C11H16OS.C10H15NO.C9H18N2O2.C6H14N2O/c1-11(2,3)12-10-6-4-9(8-13)5-7-10;1-10(2,3)12-9-6-4-8(11)5-7-9;1-9(2,3)11-8(13)5-4-7(12)6-10;1-6(2,3)4-5(9)8-7/h4-7,13H,8H2,1-3H3;4-7H,11H2,1-3H3;4-6,10H2,1-3H3,(H,11,13);4,7H2,1-3H3,(H,8,9). The molecule has 11 heteroatoms. The van der Waals surface area contributed by atoms with Crippen LogP contribution in [0.4, 0.5) is 5.69 Å². The molecule has 0 spiro atoms. The normalized spacial score (nSPS) is 11.2. The van der Waals surface area contributed by atoms with Crippen molar-refractivity contribution < 1.29 is 23.9 Å². The molecule has 2 aromatic rings. The fraction of sp³-hybridized carbons (Fsp3) is 0.583. The van der Waals surface area contributed by atoms with E-state index in [0.29, 0.717) is 6.42 Å². The Balaban J connectivity index is 0. The zero-order valence-corrected chi connectivity index (χ0v) is 31.8. The number of rotatable bonds is 8. The Morgan fingerprint density at radius 1 is 0.702 bits per heavy atom. The summed E-state index contributed by atoms with van der Waals surface area (Å²) < 4.78 is 11.3. The number of ether oxygens (including phenoxy) is 2. The monoisotopic (exact) mass is 677 g/mol. The smallest absolute Gasteiger partial charge is 0.234 e. The fourth-order valence-electron chi connectivity index (χ4n) is 3.27. The molecule has 0 bridgehead atoms. The van der Waals surface area contributed by atoms with Gasteiger partial charge in [0.25, 0.3) is 0 Å². The van der Waals surface area contributed by atoms with E-state index in [9.17, 15) is 14.4 Å². The number of nitrogens with one attached hydrogen (secondary N) is 2. The molecular formula is C36H63N5O5S. The van der Waals surface area contributed by atoms with E-state index in [0.717, 1.165) is 22.9 Å². The molecule has 0 saturated heterocycles. The largest absolute Gasteiger partial charge is 0.488 e. The molecule has 0 heterocycles. The van der Waals surface area contributed by atoms with Gasteiger partial charge >= 0.3 is 0 Å². The number of benzene rings is 2. The number of carbonyl (C=O) groups excluding carboxylic acids is 3. The van der Waals surface area contributed by atoms with Gasteiger partial charge in [0.15, 0.2) is 0 Å². The highest BCUT2D eigenvalue weighted by atomic mass is 32.1. The first-order valence-electron chi connectivity index (χ1n) is 15.7. The molecule has 2 amide bonds. The fourth-order valence-corrected chi connectivity index (χ4v) is 3.49. The number of ketones is 1. The maximum atomic E-state index is 11.2. The van der Waals surface area contributed by atoms with Crippen LogP contribution in [0.15, 0.2) is 48.5 Å². The summed E-state index contributed by atoms with van der Waals surface area (Å²) in [4.78, 5) is 32.5. The third-order valence-electron chi connectivity index (χ3n) is 5.06. The van der Waals surface area contributed by atoms with Crippen LogP contribution in [0, 0.1) is 5.41 Å². The molecule has 268 valence electrons. The zero-order valence-electron chi connectivity index (χ0n) is 30.9. The number of hydrazine groups is 1. The first kappa shape index (κ1) is 45.8. The Morgan fingerprint density at radius 3 is 1.43 bits per heavy atom. The van der Waals surface area contributed by atoms with Crippen LogP contribution in [0.3, 0.4) is 0 Å². The number of nitrogens with two attached hydrogens (primary N) is 3. The summed E-state index contributed by atoms with van der Waals surface area (Å²) in [7, 11) is 0. The maximum absolute atomic E-state index is 11.2. The van der Waals surface area contributed by atoms with E-state index in [4.69, 9.17) is 26.8 Å². The molecule has 0 aliphatic carbocycles. The number of hydrogen-bond donors (Lipinski definition) is 6. The third-order valence-corrected chi connectivity index (χ3v) is 5.42. The van der Waals surface area contributed by atoms with Crippen LogP contribution in [0.25, 0.3) is 0 Å². The second-order valence-corrected chi connectivity index (χ2v) is 15.5. The number of thiol groups is 1. The van der Waals surface area contributed by atoms with E-state index in [-0.39, 0.29) is 59.1 Å². The predicted octanol–water partition coefficient (Wildman–Crippen LogP) is 6.36. The van der Waals surface area contributed by atoms with Crippen molar-refractivity contribution in [3.8, 4) is 11.5 Å². The molecule has 0 saturated carbocycles. The van der Waals surface area contributed by atoms with Crippen molar-refractivity contribution in [2.24, 2.45) is 17.0 Å². The minimum absolute atomic E-state index is 0.0167. The predicted molar refractivity (Wildman–Crippen MR) is 198 cm³/mol. The van der Waals surface area contributed by atoms with Gasteiger partial charge in [0.1, 0.15) is 28.5 Å². The lowest BCUT2D eigenvalue weighted by atomic mass is 9.92. The molecule has 0 atom stereocenters. The molecule has 0 radical (unpaired) electrons. The van der Waals surface area contributed by atoms with Gasteiger partial charge in [-0.2, -0.15) is 12.6 Å². The molecule has 0 aromatic heterocycles. The first-order valence-corrected chi connectivity index (χ1v) is 16.4. The van der Waals surface area contributed by atoms with Crippen LogP contribution in [0.5, 0.6) is 11.5 Å². The van der Waals surface area contributed by atoms with Crippen LogP contribution >= 0.6 is 12.6 Å². The number of nitrogen functional groups attached to an aromatic ring is 1. The van der Waals surface area contributed by atoms with E-state index in [1.165, 1.54) is 5.56 Å². The highest BCUT2D eigenvalue weighted by molar-refractivity contribution is 7.79. The Bertz CT molecular complexity index is 1180. The summed E-state index contributed by atoms with van der Waals surface area (Å²) >= 11 is 4.19. The van der Waals surface area contributed by atoms with Gasteiger partial charge < -0.3 is 26.3 Å². The van der Waals surface area contributed by atoms with Crippen molar-refractivity contribution in [3.63, 3.8) is 0 Å². The van der Waals surface area contributed by atoms with Gasteiger partial charge in [-0.25, -0.2) is 5.84 Å². The summed E-state index contributed by atoms with van der Waals surface area (Å²) in [5, 5.41) is 2.77. The van der Waals surface area contributed by atoms with Crippen LogP contribution < -0.4 is 37.5 Å². The molecule has 47 heavy (non-hydrogen) atoms. The Hall–Kier alpha value is -3.28. The summed E-state index contributed by atoms with van der Waals surface area (Å²) in [6.07, 6.45) is 0.940. The number of Topliss-reactive ketones (excluding diaryl/α,β-unsaturated/α-hetero) is 1. The summed E-state index contributed by atoms with van der Waals surface area (Å²) in [6, 6.07) is 15.5. The second kappa shape index (κ2) is 21.6. The lowest BCUT2D eigenvalue weighted by Crippen LogP contribution is -2.40. The second-order valence-electron chi connectivity index (χ2n) is 15.1. The molecule has 0 aliphatic rings. The van der Waals surface area contributed by atoms with Gasteiger partial charge in [-0.15, -0.1) is 0 Å². The Labute approximate surface area is 289 Å². The van der Waals surface area contributed by atoms with E-state index in [1.54, 1.807) is 0 Å². The van der Waals surface area contributed by atoms with Gasteiger partial charge in [0, 0.05) is 36.2 Å². The van der Waals surface area contributed by atoms with E-state index >= 15 is 0 Å². The molecule has 2 aromatic carbocycles. The topological polar surface area (TPSA) is 172 Å². The molecule has 0 unspecified atom stereocenters. The Kier molecular flexibility index (Phi) is 21.0. The quantitative estimate of drug-likeness (QED) is 0.0616. The third kappa shape index (κ3) is 31.1. The van der Waals surface area contributed by atoms with E-state index < -0.39 is 0 Å². The lowest BCUT2D eigenvalue weighted by Gasteiger charge is -2.21. The van der Waals surface area contributed by atoms with Gasteiger partial charge in [-0.05, 0) is 110 Å². The number of hydrogen-bond acceptors (Lipinski definition) is 9. The van der Waals surface area contributed by atoms with E-state index in [2.05, 4.69) is 23.4 Å². The van der Waals surface area contributed by atoms with Crippen molar-refractivity contribution in [3.05, 3.63) is 54.1 Å². The van der Waals surface area contributed by atoms with Gasteiger partial charge in [-0.3, -0.25) is 19.8 Å². The zero-order chi connectivity index (χ0) is 37.1. The molecule has 2 rings (SSSR count).